The first-order valence-corrected chi connectivity index (χ1v) is 10.1. The summed E-state index contributed by atoms with van der Waals surface area (Å²) in [5.41, 5.74) is 6.25. The van der Waals surface area contributed by atoms with Gasteiger partial charge < -0.3 is 15.5 Å². The summed E-state index contributed by atoms with van der Waals surface area (Å²) in [4.78, 5) is 6.78. The highest BCUT2D eigenvalue weighted by Crippen LogP contribution is 2.18. The van der Waals surface area contributed by atoms with Gasteiger partial charge in [0.25, 0.3) is 0 Å². The lowest BCUT2D eigenvalue weighted by Crippen LogP contribution is -2.45. The van der Waals surface area contributed by atoms with Crippen molar-refractivity contribution in [2.75, 3.05) is 31.6 Å². The van der Waals surface area contributed by atoms with Gasteiger partial charge in [-0.25, -0.2) is 0 Å². The first kappa shape index (κ1) is 21.8. The standard InChI is InChI=1S/C22H36N6/c1-8-28(21-12-10-9-11-16(21)2)14-13-24-22(23-6)25-17(3)15-20-18(4)26-27(7)19(20)5/h9-12,17H,8,13-15H2,1-7H3,(H2,23,24,25). The molecule has 0 saturated heterocycles. The van der Waals surface area contributed by atoms with Gasteiger partial charge in [-0.05, 0) is 58.2 Å². The summed E-state index contributed by atoms with van der Waals surface area (Å²) < 4.78 is 1.95. The average molecular weight is 385 g/mol. The molecular weight excluding hydrogens is 348 g/mol. The second-order valence-electron chi connectivity index (χ2n) is 7.39. The highest BCUT2D eigenvalue weighted by atomic mass is 15.3. The molecule has 1 aromatic heterocycles. The third kappa shape index (κ3) is 5.50. The predicted molar refractivity (Wildman–Crippen MR) is 119 cm³/mol. The molecule has 0 fully saturated rings. The first-order valence-electron chi connectivity index (χ1n) is 10.1. The molecule has 28 heavy (non-hydrogen) atoms. The molecule has 0 aliphatic rings. The Bertz CT molecular complexity index is 792. The third-order valence-corrected chi connectivity index (χ3v) is 5.29. The molecule has 0 spiro atoms. The number of nitrogens with zero attached hydrogens (tertiary/aromatic N) is 4. The molecule has 0 saturated carbocycles. The summed E-state index contributed by atoms with van der Waals surface area (Å²) in [6.07, 6.45) is 0.927. The van der Waals surface area contributed by atoms with Crippen LogP contribution in [0.25, 0.3) is 0 Å². The molecule has 2 N–H and O–H groups in total. The molecule has 1 heterocycles. The van der Waals surface area contributed by atoms with Crippen molar-refractivity contribution in [1.82, 2.24) is 20.4 Å². The van der Waals surface area contributed by atoms with Crippen LogP contribution < -0.4 is 15.5 Å². The van der Waals surface area contributed by atoms with E-state index in [1.54, 1.807) is 0 Å². The highest BCUT2D eigenvalue weighted by molar-refractivity contribution is 5.80. The summed E-state index contributed by atoms with van der Waals surface area (Å²) >= 11 is 0. The zero-order chi connectivity index (χ0) is 20.7. The van der Waals surface area contributed by atoms with Crippen LogP contribution in [-0.4, -0.2) is 48.5 Å². The number of rotatable bonds is 8. The van der Waals surface area contributed by atoms with Gasteiger partial charge in [-0.3, -0.25) is 9.67 Å². The highest BCUT2D eigenvalue weighted by Gasteiger charge is 2.14. The van der Waals surface area contributed by atoms with E-state index in [-0.39, 0.29) is 6.04 Å². The Morgan fingerprint density at radius 2 is 1.96 bits per heavy atom. The summed E-state index contributed by atoms with van der Waals surface area (Å²) in [5, 5.41) is 11.5. The molecule has 1 aromatic carbocycles. The fraction of sp³-hybridized carbons (Fsp3) is 0.545. The third-order valence-electron chi connectivity index (χ3n) is 5.29. The first-order chi connectivity index (χ1) is 13.4. The fourth-order valence-corrected chi connectivity index (χ4v) is 3.57. The van der Waals surface area contributed by atoms with Crippen LogP contribution in [0, 0.1) is 20.8 Å². The second kappa shape index (κ2) is 10.2. The predicted octanol–water partition coefficient (Wildman–Crippen LogP) is 2.97. The van der Waals surface area contributed by atoms with E-state index in [0.717, 1.165) is 37.7 Å². The number of benzene rings is 1. The van der Waals surface area contributed by atoms with E-state index in [0.29, 0.717) is 0 Å². The molecule has 0 aliphatic heterocycles. The lowest BCUT2D eigenvalue weighted by molar-refractivity contribution is 0.633. The zero-order valence-corrected chi connectivity index (χ0v) is 18.5. The Morgan fingerprint density at radius 3 is 2.54 bits per heavy atom. The number of guanidine groups is 1. The molecule has 0 bridgehead atoms. The van der Waals surface area contributed by atoms with Crippen molar-refractivity contribution in [3.05, 3.63) is 46.8 Å². The van der Waals surface area contributed by atoms with Gasteiger partial charge in [-0.2, -0.15) is 5.10 Å². The van der Waals surface area contributed by atoms with E-state index in [1.165, 1.54) is 22.5 Å². The normalized spacial score (nSPS) is 12.8. The summed E-state index contributed by atoms with van der Waals surface area (Å²) in [6, 6.07) is 8.81. The van der Waals surface area contributed by atoms with Crippen LogP contribution in [0.15, 0.2) is 29.3 Å². The largest absolute Gasteiger partial charge is 0.370 e. The quantitative estimate of drug-likeness (QED) is 0.543. The van der Waals surface area contributed by atoms with Gasteiger partial charge in [-0.1, -0.05) is 18.2 Å². The van der Waals surface area contributed by atoms with Crippen LogP contribution in [0.2, 0.25) is 0 Å². The number of aromatic nitrogens is 2. The molecule has 0 radical (unpaired) electrons. The van der Waals surface area contributed by atoms with Crippen molar-refractivity contribution in [1.29, 1.82) is 0 Å². The van der Waals surface area contributed by atoms with E-state index in [2.05, 4.69) is 84.5 Å². The van der Waals surface area contributed by atoms with E-state index in [1.807, 2.05) is 18.8 Å². The van der Waals surface area contributed by atoms with Crippen molar-refractivity contribution in [2.24, 2.45) is 12.0 Å². The monoisotopic (exact) mass is 384 g/mol. The number of hydrogen-bond donors (Lipinski definition) is 2. The molecule has 2 rings (SSSR count). The van der Waals surface area contributed by atoms with E-state index >= 15 is 0 Å². The van der Waals surface area contributed by atoms with Gasteiger partial charge in [0.2, 0.25) is 0 Å². The molecular formula is C22H36N6. The number of para-hydroxylation sites is 1. The van der Waals surface area contributed by atoms with Crippen molar-refractivity contribution in [2.45, 2.75) is 47.1 Å². The van der Waals surface area contributed by atoms with Gasteiger partial charge in [-0.15, -0.1) is 0 Å². The van der Waals surface area contributed by atoms with Crippen molar-refractivity contribution in [3.63, 3.8) is 0 Å². The lowest BCUT2D eigenvalue weighted by atomic mass is 10.1. The average Bonchev–Trinajstić information content (AvgIpc) is 2.91. The number of hydrogen-bond acceptors (Lipinski definition) is 3. The molecule has 1 atom stereocenters. The van der Waals surface area contributed by atoms with Crippen LogP contribution in [0.3, 0.4) is 0 Å². The van der Waals surface area contributed by atoms with Crippen LogP contribution >= 0.6 is 0 Å². The summed E-state index contributed by atoms with van der Waals surface area (Å²) in [5.74, 6) is 0.840. The van der Waals surface area contributed by atoms with E-state index in [4.69, 9.17) is 0 Å². The molecule has 0 aliphatic carbocycles. The van der Waals surface area contributed by atoms with Gasteiger partial charge >= 0.3 is 0 Å². The van der Waals surface area contributed by atoms with Gasteiger partial charge in [0.1, 0.15) is 0 Å². The molecule has 6 heteroatoms. The summed E-state index contributed by atoms with van der Waals surface area (Å²) in [7, 11) is 3.82. The number of aryl methyl sites for hydroxylation is 3. The summed E-state index contributed by atoms with van der Waals surface area (Å²) in [6.45, 7) is 13.5. The second-order valence-corrected chi connectivity index (χ2v) is 7.39. The lowest BCUT2D eigenvalue weighted by Gasteiger charge is -2.26. The number of likely N-dealkylation sites (N-methyl/N-ethyl adjacent to an activating group) is 1. The van der Waals surface area contributed by atoms with Crippen molar-refractivity contribution < 1.29 is 0 Å². The SMILES string of the molecule is CCN(CCNC(=NC)NC(C)Cc1c(C)nn(C)c1C)c1ccccc1C. The van der Waals surface area contributed by atoms with Crippen LogP contribution in [0.1, 0.15) is 36.4 Å². The smallest absolute Gasteiger partial charge is 0.191 e. The molecule has 2 aromatic rings. The minimum absolute atomic E-state index is 0.270. The maximum Gasteiger partial charge on any atom is 0.191 e. The topological polar surface area (TPSA) is 57.5 Å². The molecule has 1 unspecified atom stereocenters. The Kier molecular flexibility index (Phi) is 7.91. The molecule has 154 valence electrons. The van der Waals surface area contributed by atoms with E-state index in [9.17, 15) is 0 Å². The van der Waals surface area contributed by atoms with Crippen LogP contribution in [0.5, 0.6) is 0 Å². The Hall–Kier alpha value is -2.50. The number of aliphatic imine (C=N–C) groups is 1. The Morgan fingerprint density at radius 1 is 1.25 bits per heavy atom. The van der Waals surface area contributed by atoms with Gasteiger partial charge in [0.05, 0.1) is 5.69 Å². The molecule has 0 amide bonds. The van der Waals surface area contributed by atoms with Crippen LogP contribution in [-0.2, 0) is 13.5 Å². The number of nitrogens with one attached hydrogen (secondary N) is 2. The Balaban J connectivity index is 1.87. The maximum atomic E-state index is 4.51. The van der Waals surface area contributed by atoms with Crippen molar-refractivity contribution in [3.8, 4) is 0 Å². The maximum absolute atomic E-state index is 4.51. The number of anilines is 1. The van der Waals surface area contributed by atoms with Gasteiger partial charge in [0, 0.05) is 51.2 Å². The minimum atomic E-state index is 0.270. The Labute approximate surface area is 170 Å². The van der Waals surface area contributed by atoms with Gasteiger partial charge in [0.15, 0.2) is 5.96 Å². The fourth-order valence-electron chi connectivity index (χ4n) is 3.57. The zero-order valence-electron chi connectivity index (χ0n) is 18.5. The van der Waals surface area contributed by atoms with Crippen LogP contribution in [0.4, 0.5) is 5.69 Å². The minimum Gasteiger partial charge on any atom is -0.370 e. The van der Waals surface area contributed by atoms with E-state index < -0.39 is 0 Å². The van der Waals surface area contributed by atoms with Crippen molar-refractivity contribution >= 4 is 11.6 Å². The molecule has 6 nitrogen and oxygen atoms in total.